The third-order valence-electron chi connectivity index (χ3n) is 4.17. The van der Waals surface area contributed by atoms with Crippen molar-refractivity contribution in [2.75, 3.05) is 38.2 Å². The van der Waals surface area contributed by atoms with Gasteiger partial charge < -0.3 is 14.5 Å². The first kappa shape index (κ1) is 16.6. The van der Waals surface area contributed by atoms with Gasteiger partial charge in [-0.3, -0.25) is 9.36 Å². The van der Waals surface area contributed by atoms with Gasteiger partial charge in [0.15, 0.2) is 0 Å². The molecule has 128 valence electrons. The fraction of sp³-hybridized carbons (Fsp3) is 0.412. The van der Waals surface area contributed by atoms with Crippen LogP contribution in [0.1, 0.15) is 6.92 Å². The van der Waals surface area contributed by atoms with Crippen molar-refractivity contribution >= 4 is 23.5 Å². The van der Waals surface area contributed by atoms with E-state index in [1.54, 1.807) is 20.2 Å². The van der Waals surface area contributed by atoms with Gasteiger partial charge in [0.1, 0.15) is 11.1 Å². The van der Waals surface area contributed by atoms with E-state index in [0.29, 0.717) is 13.1 Å². The molecule has 6 nitrogen and oxygen atoms in total. The minimum Gasteiger partial charge on any atom is -0.497 e. The number of halogens is 1. The number of alkyl halides is 1. The normalized spacial score (nSPS) is 16.1. The molecule has 0 radical (unpaired) electrons. The Morgan fingerprint density at radius 3 is 2.71 bits per heavy atom. The van der Waals surface area contributed by atoms with E-state index in [-0.39, 0.29) is 5.91 Å². The van der Waals surface area contributed by atoms with E-state index in [0.717, 1.165) is 30.5 Å². The molecule has 0 N–H and O–H groups in total. The predicted octanol–water partition coefficient (Wildman–Crippen LogP) is 2.16. The van der Waals surface area contributed by atoms with Gasteiger partial charge in [-0.25, -0.2) is 4.98 Å². The maximum atomic E-state index is 12.0. The van der Waals surface area contributed by atoms with Crippen LogP contribution in [0.25, 0.3) is 5.69 Å². The molecule has 1 aromatic heterocycles. The highest BCUT2D eigenvalue weighted by atomic mass is 35.5. The molecule has 24 heavy (non-hydrogen) atoms. The number of benzene rings is 1. The van der Waals surface area contributed by atoms with Gasteiger partial charge in [0.05, 0.1) is 12.8 Å². The Labute approximate surface area is 146 Å². The SMILES string of the molecule is COc1cccc(-n2ccnc2N2CCN(C(=O)C(C)Cl)CC2)c1. The molecule has 7 heteroatoms. The van der Waals surface area contributed by atoms with Gasteiger partial charge in [-0.05, 0) is 19.1 Å². The van der Waals surface area contributed by atoms with E-state index in [2.05, 4.69) is 9.88 Å². The van der Waals surface area contributed by atoms with Crippen LogP contribution in [0.5, 0.6) is 5.75 Å². The van der Waals surface area contributed by atoms with Gasteiger partial charge in [-0.15, -0.1) is 11.6 Å². The first-order valence-electron chi connectivity index (χ1n) is 7.95. The topological polar surface area (TPSA) is 50.6 Å². The van der Waals surface area contributed by atoms with Gasteiger partial charge in [-0.1, -0.05) is 6.07 Å². The molecule has 1 fully saturated rings. The van der Waals surface area contributed by atoms with E-state index in [1.807, 2.05) is 39.9 Å². The van der Waals surface area contributed by atoms with E-state index in [4.69, 9.17) is 16.3 Å². The summed E-state index contributed by atoms with van der Waals surface area (Å²) in [6.07, 6.45) is 3.72. The van der Waals surface area contributed by atoms with Crippen LogP contribution in [0.3, 0.4) is 0 Å². The van der Waals surface area contributed by atoms with Crippen LogP contribution in [-0.4, -0.2) is 59.0 Å². The smallest absolute Gasteiger partial charge is 0.240 e. The van der Waals surface area contributed by atoms with Gasteiger partial charge in [0, 0.05) is 44.6 Å². The Hall–Kier alpha value is -2.21. The average molecular weight is 349 g/mol. The quantitative estimate of drug-likeness (QED) is 0.794. The number of nitrogens with zero attached hydrogens (tertiary/aromatic N) is 4. The number of imidazole rings is 1. The van der Waals surface area contributed by atoms with Crippen LogP contribution in [0.2, 0.25) is 0 Å². The second-order valence-corrected chi connectivity index (χ2v) is 6.38. The summed E-state index contributed by atoms with van der Waals surface area (Å²) in [6.45, 7) is 4.49. The standard InChI is InChI=1S/C17H21ClN4O2/c1-13(18)16(23)20-8-10-21(11-9-20)17-19-6-7-22(17)14-4-3-5-15(12-14)24-2/h3-7,12-13H,8-11H2,1-2H3. The summed E-state index contributed by atoms with van der Waals surface area (Å²) in [4.78, 5) is 20.5. The Morgan fingerprint density at radius 2 is 2.04 bits per heavy atom. The lowest BCUT2D eigenvalue weighted by molar-refractivity contribution is -0.130. The molecule has 1 unspecified atom stereocenters. The molecule has 3 rings (SSSR count). The number of carbonyl (C=O) groups excluding carboxylic acids is 1. The molecule has 1 atom stereocenters. The van der Waals surface area contributed by atoms with Crippen LogP contribution < -0.4 is 9.64 Å². The van der Waals surface area contributed by atoms with Crippen molar-refractivity contribution in [2.45, 2.75) is 12.3 Å². The van der Waals surface area contributed by atoms with Crippen LogP contribution in [0.15, 0.2) is 36.7 Å². The lowest BCUT2D eigenvalue weighted by atomic mass is 10.3. The first-order valence-corrected chi connectivity index (χ1v) is 8.39. The third-order valence-corrected chi connectivity index (χ3v) is 4.35. The maximum Gasteiger partial charge on any atom is 0.240 e. The summed E-state index contributed by atoms with van der Waals surface area (Å²) < 4.78 is 7.33. The van der Waals surface area contributed by atoms with Crippen molar-refractivity contribution in [3.05, 3.63) is 36.7 Å². The third kappa shape index (κ3) is 3.33. The van der Waals surface area contributed by atoms with Crippen LogP contribution in [-0.2, 0) is 4.79 Å². The molecule has 1 aliphatic rings. The highest BCUT2D eigenvalue weighted by Crippen LogP contribution is 2.23. The second kappa shape index (κ2) is 7.13. The lowest BCUT2D eigenvalue weighted by Crippen LogP contribution is -2.51. The van der Waals surface area contributed by atoms with Crippen LogP contribution >= 0.6 is 11.6 Å². The number of methoxy groups -OCH3 is 1. The molecule has 1 amide bonds. The number of amides is 1. The lowest BCUT2D eigenvalue weighted by Gasteiger charge is -2.36. The number of carbonyl (C=O) groups is 1. The molecule has 0 aliphatic carbocycles. The van der Waals surface area contributed by atoms with Crippen molar-refractivity contribution < 1.29 is 9.53 Å². The van der Waals surface area contributed by atoms with E-state index < -0.39 is 5.38 Å². The van der Waals surface area contributed by atoms with Gasteiger partial charge >= 0.3 is 0 Å². The van der Waals surface area contributed by atoms with Crippen molar-refractivity contribution in [3.63, 3.8) is 0 Å². The van der Waals surface area contributed by atoms with Gasteiger partial charge in [-0.2, -0.15) is 0 Å². The number of rotatable bonds is 4. The number of hydrogen-bond donors (Lipinski definition) is 0. The molecule has 2 aromatic rings. The number of aromatic nitrogens is 2. The Balaban J connectivity index is 1.76. The number of ether oxygens (including phenoxy) is 1. The Kier molecular flexibility index (Phi) is 4.94. The molecule has 0 saturated carbocycles. The maximum absolute atomic E-state index is 12.0. The monoisotopic (exact) mass is 348 g/mol. The van der Waals surface area contributed by atoms with E-state index >= 15 is 0 Å². The minimum atomic E-state index is -0.477. The largest absolute Gasteiger partial charge is 0.497 e. The van der Waals surface area contributed by atoms with Crippen LogP contribution in [0.4, 0.5) is 5.95 Å². The fourth-order valence-electron chi connectivity index (χ4n) is 2.87. The molecule has 1 aliphatic heterocycles. The van der Waals surface area contributed by atoms with Crippen molar-refractivity contribution in [1.29, 1.82) is 0 Å². The Bertz CT molecular complexity index is 708. The molecular weight excluding hydrogens is 328 g/mol. The zero-order valence-corrected chi connectivity index (χ0v) is 14.6. The highest BCUT2D eigenvalue weighted by Gasteiger charge is 2.25. The number of hydrogen-bond acceptors (Lipinski definition) is 4. The Morgan fingerprint density at radius 1 is 1.29 bits per heavy atom. The molecular formula is C17H21ClN4O2. The molecule has 1 saturated heterocycles. The first-order chi connectivity index (χ1) is 11.6. The second-order valence-electron chi connectivity index (χ2n) is 5.73. The number of piperazine rings is 1. The summed E-state index contributed by atoms with van der Waals surface area (Å²) in [5.74, 6) is 1.67. The highest BCUT2D eigenvalue weighted by molar-refractivity contribution is 6.30. The molecule has 0 bridgehead atoms. The average Bonchev–Trinajstić information content (AvgIpc) is 3.11. The minimum absolute atomic E-state index is 0.00699. The molecule has 0 spiro atoms. The van der Waals surface area contributed by atoms with Crippen molar-refractivity contribution in [1.82, 2.24) is 14.5 Å². The van der Waals surface area contributed by atoms with Crippen molar-refractivity contribution in [3.8, 4) is 11.4 Å². The van der Waals surface area contributed by atoms with E-state index in [1.165, 1.54) is 0 Å². The molecule has 2 heterocycles. The zero-order chi connectivity index (χ0) is 17.1. The summed E-state index contributed by atoms with van der Waals surface area (Å²) in [6, 6.07) is 7.86. The fourth-order valence-corrected chi connectivity index (χ4v) is 3.01. The van der Waals surface area contributed by atoms with Gasteiger partial charge in [0.2, 0.25) is 11.9 Å². The van der Waals surface area contributed by atoms with Gasteiger partial charge in [0.25, 0.3) is 0 Å². The van der Waals surface area contributed by atoms with Crippen LogP contribution in [0, 0.1) is 0 Å². The molecule has 1 aromatic carbocycles. The number of anilines is 1. The van der Waals surface area contributed by atoms with Crippen molar-refractivity contribution in [2.24, 2.45) is 0 Å². The summed E-state index contributed by atoms with van der Waals surface area (Å²) in [5, 5.41) is -0.477. The summed E-state index contributed by atoms with van der Waals surface area (Å²) >= 11 is 5.90. The predicted molar refractivity (Wildman–Crippen MR) is 94.2 cm³/mol. The summed E-state index contributed by atoms with van der Waals surface area (Å²) in [5.41, 5.74) is 0.995. The summed E-state index contributed by atoms with van der Waals surface area (Å²) in [7, 11) is 1.65. The zero-order valence-electron chi connectivity index (χ0n) is 13.9. The van der Waals surface area contributed by atoms with E-state index in [9.17, 15) is 4.79 Å².